The number of quaternary nitrogens is 1. The highest BCUT2D eigenvalue weighted by Crippen LogP contribution is 2.68. The third-order valence-corrected chi connectivity index (χ3v) is 13.8. The minimum Gasteiger partial charge on any atom is -0.446 e. The largest absolute Gasteiger partial charge is 0.472 e. The second kappa shape index (κ2) is 14.6. The Hall–Kier alpha value is -0.660. The molecule has 0 radical (unpaired) electrons. The molecular weight excluding hydrogens is 575 g/mol. The van der Waals surface area contributed by atoms with Crippen LogP contribution in [-0.2, 0) is 18.3 Å². The van der Waals surface area contributed by atoms with E-state index in [1.165, 1.54) is 57.8 Å². The maximum Gasteiger partial charge on any atom is 0.472 e. The molecule has 4 aliphatic carbocycles. The van der Waals surface area contributed by atoms with Crippen LogP contribution in [0.25, 0.3) is 0 Å². The lowest BCUT2D eigenvalue weighted by molar-refractivity contribution is -0.870. The van der Waals surface area contributed by atoms with E-state index in [1.54, 1.807) is 0 Å². The summed E-state index contributed by atoms with van der Waals surface area (Å²) in [6.07, 6.45) is 14.9. The normalized spacial score (nSPS) is 37.4. The summed E-state index contributed by atoms with van der Waals surface area (Å²) >= 11 is 0. The number of alkyl carbamates (subject to hydrolysis) is 1. The van der Waals surface area contributed by atoms with Crippen molar-refractivity contribution < 1.29 is 32.5 Å². The number of hydrogen-bond donors (Lipinski definition) is 2. The summed E-state index contributed by atoms with van der Waals surface area (Å²) in [5.41, 5.74) is 0.870. The lowest BCUT2D eigenvalue weighted by atomic mass is 9.44. The maximum atomic E-state index is 12.6. The Kier molecular flexibility index (Phi) is 12.0. The van der Waals surface area contributed by atoms with Crippen LogP contribution in [0.2, 0.25) is 0 Å². The molecule has 0 saturated heterocycles. The highest BCUT2D eigenvalue weighted by molar-refractivity contribution is 7.47. The Morgan fingerprint density at radius 2 is 1.61 bits per heavy atom. The molecule has 44 heavy (non-hydrogen) atoms. The van der Waals surface area contributed by atoms with Crippen LogP contribution in [0.4, 0.5) is 4.79 Å². The van der Waals surface area contributed by atoms with Gasteiger partial charge in [0, 0.05) is 6.54 Å². The van der Waals surface area contributed by atoms with Gasteiger partial charge in [0.05, 0.1) is 27.7 Å². The molecule has 256 valence electrons. The van der Waals surface area contributed by atoms with Crippen molar-refractivity contribution in [1.29, 1.82) is 0 Å². The average molecular weight is 642 g/mol. The van der Waals surface area contributed by atoms with Crippen molar-refractivity contribution in [2.45, 2.75) is 118 Å². The Morgan fingerprint density at radius 3 is 2.32 bits per heavy atom. The molecule has 0 aromatic rings. The van der Waals surface area contributed by atoms with E-state index in [2.05, 4.69) is 39.9 Å². The molecule has 9 heteroatoms. The molecule has 4 fully saturated rings. The quantitative estimate of drug-likeness (QED) is 0.113. The van der Waals surface area contributed by atoms with Crippen LogP contribution >= 0.6 is 7.82 Å². The van der Waals surface area contributed by atoms with E-state index >= 15 is 0 Å². The second-order valence-corrected chi connectivity index (χ2v) is 18.5. The SMILES string of the molecule is CC(C)CCC[C@@H](C)[C@H]1CCC2C3CC[C@@H]4C[C@H](OC(=O)NCCOP(=O)(O)OCC[N+](C)(C)C)CC[C@]4(C)C3CC[C@@]21C. The van der Waals surface area contributed by atoms with Gasteiger partial charge in [0.2, 0.25) is 0 Å². The van der Waals surface area contributed by atoms with E-state index in [1.807, 2.05) is 21.1 Å². The van der Waals surface area contributed by atoms with Gasteiger partial charge in [0.1, 0.15) is 19.3 Å². The molecular formula is C35H66N2O6P+. The fourth-order valence-electron chi connectivity index (χ4n) is 10.3. The first-order chi connectivity index (χ1) is 20.5. The number of amides is 1. The summed E-state index contributed by atoms with van der Waals surface area (Å²) in [6.45, 7) is 13.2. The van der Waals surface area contributed by atoms with Gasteiger partial charge in [0.25, 0.3) is 0 Å². The van der Waals surface area contributed by atoms with Crippen molar-refractivity contribution >= 4 is 13.9 Å². The molecule has 4 unspecified atom stereocenters. The van der Waals surface area contributed by atoms with E-state index in [9.17, 15) is 14.3 Å². The summed E-state index contributed by atoms with van der Waals surface area (Å²) in [4.78, 5) is 22.4. The first kappa shape index (κ1) is 36.2. The molecule has 4 aliphatic rings. The molecule has 4 saturated carbocycles. The van der Waals surface area contributed by atoms with Crippen molar-refractivity contribution in [3.63, 3.8) is 0 Å². The van der Waals surface area contributed by atoms with Crippen LogP contribution in [0.3, 0.4) is 0 Å². The topological polar surface area (TPSA) is 94.1 Å². The highest BCUT2D eigenvalue weighted by Gasteiger charge is 2.60. The van der Waals surface area contributed by atoms with Gasteiger partial charge in [-0.05, 0) is 110 Å². The molecule has 0 spiro atoms. The average Bonchev–Trinajstić information content (AvgIpc) is 3.27. The van der Waals surface area contributed by atoms with Gasteiger partial charge < -0.3 is 19.4 Å². The molecule has 0 heterocycles. The first-order valence-corrected chi connectivity index (χ1v) is 19.4. The number of hydrogen-bond acceptors (Lipinski definition) is 5. The van der Waals surface area contributed by atoms with E-state index in [4.69, 9.17) is 13.8 Å². The zero-order valence-electron chi connectivity index (χ0n) is 29.3. The number of fused-ring (bicyclic) bond motifs is 5. The molecule has 1 amide bonds. The summed E-state index contributed by atoms with van der Waals surface area (Å²) in [5, 5.41) is 2.69. The van der Waals surface area contributed by atoms with Crippen LogP contribution in [0.1, 0.15) is 112 Å². The monoisotopic (exact) mass is 641 g/mol. The molecule has 10 atom stereocenters. The van der Waals surface area contributed by atoms with Gasteiger partial charge in [-0.25, -0.2) is 9.36 Å². The van der Waals surface area contributed by atoms with Gasteiger partial charge >= 0.3 is 13.9 Å². The van der Waals surface area contributed by atoms with Gasteiger partial charge in [-0.15, -0.1) is 0 Å². The van der Waals surface area contributed by atoms with Crippen molar-refractivity contribution in [3.05, 3.63) is 0 Å². The van der Waals surface area contributed by atoms with Crippen molar-refractivity contribution in [1.82, 2.24) is 5.32 Å². The van der Waals surface area contributed by atoms with Crippen molar-refractivity contribution in [3.8, 4) is 0 Å². The van der Waals surface area contributed by atoms with Crippen LogP contribution in [0, 0.1) is 52.3 Å². The smallest absolute Gasteiger partial charge is 0.446 e. The first-order valence-electron chi connectivity index (χ1n) is 17.9. The third kappa shape index (κ3) is 8.82. The van der Waals surface area contributed by atoms with Crippen molar-refractivity contribution in [2.75, 3.05) is 47.4 Å². The van der Waals surface area contributed by atoms with E-state index in [0.717, 1.165) is 54.8 Å². The Labute approximate surface area is 268 Å². The van der Waals surface area contributed by atoms with E-state index < -0.39 is 13.9 Å². The lowest BCUT2D eigenvalue weighted by Crippen LogP contribution is -2.54. The number of phosphoric acid groups is 1. The van der Waals surface area contributed by atoms with Crippen LogP contribution < -0.4 is 5.32 Å². The van der Waals surface area contributed by atoms with Crippen LogP contribution in [0.15, 0.2) is 0 Å². The fourth-order valence-corrected chi connectivity index (χ4v) is 11.0. The number of nitrogens with zero attached hydrogens (tertiary/aromatic N) is 1. The standard InChI is InChI=1S/C35H65N2O6P/c1-25(2)10-9-11-26(3)30-14-15-31-29-13-12-27-24-28(16-18-34(27,4)32(29)17-19-35(30,31)5)43-33(38)36-20-22-41-44(39,40)42-23-21-37(6,7)8/h25-32H,9-24H2,1-8H3,(H-,36,38,39,40)/p+1/t26-,27-,28-,29?,30-,31?,32?,34+,35-/m1/s1. The van der Waals surface area contributed by atoms with Gasteiger partial charge in [-0.2, -0.15) is 0 Å². The van der Waals surface area contributed by atoms with Crippen LogP contribution in [0.5, 0.6) is 0 Å². The number of nitrogens with one attached hydrogen (secondary N) is 1. The number of carbonyl (C=O) groups excluding carboxylic acids is 1. The predicted molar refractivity (Wildman–Crippen MR) is 176 cm³/mol. The second-order valence-electron chi connectivity index (χ2n) is 17.1. The number of phosphoric ester groups is 1. The summed E-state index contributed by atoms with van der Waals surface area (Å²) in [6, 6.07) is 0. The molecule has 0 aliphatic heterocycles. The van der Waals surface area contributed by atoms with E-state index in [-0.39, 0.29) is 25.9 Å². The predicted octanol–water partition coefficient (Wildman–Crippen LogP) is 8.04. The third-order valence-electron chi connectivity index (χ3n) is 12.7. The Balaban J connectivity index is 1.22. The summed E-state index contributed by atoms with van der Waals surface area (Å²) < 4.78 is 28.6. The zero-order chi connectivity index (χ0) is 32.3. The van der Waals surface area contributed by atoms with Crippen molar-refractivity contribution in [2.24, 2.45) is 52.3 Å². The minimum atomic E-state index is -4.14. The molecule has 0 aromatic carbocycles. The summed E-state index contributed by atoms with van der Waals surface area (Å²) in [5.74, 6) is 5.71. The van der Waals surface area contributed by atoms with E-state index in [0.29, 0.717) is 27.8 Å². The zero-order valence-corrected chi connectivity index (χ0v) is 30.2. The molecule has 4 rings (SSSR count). The number of ether oxygens (including phenoxy) is 1. The molecule has 8 nitrogen and oxygen atoms in total. The molecule has 2 N–H and O–H groups in total. The Bertz CT molecular complexity index is 1000. The highest BCUT2D eigenvalue weighted by atomic mass is 31.2. The van der Waals surface area contributed by atoms with Gasteiger partial charge in [-0.3, -0.25) is 9.05 Å². The minimum absolute atomic E-state index is 0.0650. The molecule has 0 bridgehead atoms. The Morgan fingerprint density at radius 1 is 0.932 bits per heavy atom. The number of likely N-dealkylation sites (N-methyl/N-ethyl adjacent to an activating group) is 1. The number of rotatable bonds is 14. The van der Waals surface area contributed by atoms with Gasteiger partial charge in [0.15, 0.2) is 0 Å². The molecule has 0 aromatic heterocycles. The number of carbonyl (C=O) groups is 1. The lowest BCUT2D eigenvalue weighted by Gasteiger charge is -2.61. The maximum absolute atomic E-state index is 12.6. The van der Waals surface area contributed by atoms with Crippen LogP contribution in [-0.4, -0.2) is 69.0 Å². The summed E-state index contributed by atoms with van der Waals surface area (Å²) in [7, 11) is 1.79. The fraction of sp³-hybridized carbons (Fsp3) is 0.971. The van der Waals surface area contributed by atoms with Gasteiger partial charge in [-0.1, -0.05) is 53.9 Å².